The van der Waals surface area contributed by atoms with Gasteiger partial charge in [-0.05, 0) is 38.0 Å². The van der Waals surface area contributed by atoms with E-state index in [1.54, 1.807) is 20.8 Å². The molecular formula is C24H23N3O6S. The van der Waals surface area contributed by atoms with Crippen LogP contribution >= 0.6 is 11.3 Å². The number of nitrogens with one attached hydrogen (secondary N) is 2. The van der Waals surface area contributed by atoms with Crippen molar-refractivity contribution in [2.75, 3.05) is 11.9 Å². The Kier molecular flexibility index (Phi) is 7.75. The highest BCUT2D eigenvalue weighted by molar-refractivity contribution is 7.18. The third-order valence-corrected chi connectivity index (χ3v) is 6.23. The first kappa shape index (κ1) is 24.6. The topological polar surface area (TPSA) is 128 Å². The Morgan fingerprint density at radius 2 is 1.76 bits per heavy atom. The molecule has 2 amide bonds. The number of benzene rings is 2. The molecule has 0 aliphatic carbocycles. The zero-order valence-corrected chi connectivity index (χ0v) is 19.7. The van der Waals surface area contributed by atoms with Gasteiger partial charge in [0.25, 0.3) is 17.5 Å². The molecule has 2 aromatic carbocycles. The second-order valence-electron chi connectivity index (χ2n) is 7.36. The molecule has 0 saturated carbocycles. The maximum atomic E-state index is 12.9. The first-order valence-electron chi connectivity index (χ1n) is 10.4. The lowest BCUT2D eigenvalue weighted by molar-refractivity contribution is -0.385. The van der Waals surface area contributed by atoms with E-state index in [0.717, 1.165) is 16.9 Å². The minimum Gasteiger partial charge on any atom is -0.462 e. The van der Waals surface area contributed by atoms with E-state index < -0.39 is 22.7 Å². The van der Waals surface area contributed by atoms with Crippen LogP contribution in [0.15, 0.2) is 48.5 Å². The van der Waals surface area contributed by atoms with E-state index >= 15 is 0 Å². The lowest BCUT2D eigenvalue weighted by atomic mass is 10.1. The highest BCUT2D eigenvalue weighted by atomic mass is 32.1. The smallest absolute Gasteiger partial charge is 0.341 e. The molecule has 3 rings (SSSR count). The average molecular weight is 482 g/mol. The molecule has 0 atom stereocenters. The van der Waals surface area contributed by atoms with Crippen LogP contribution in [0.1, 0.15) is 54.0 Å². The summed E-state index contributed by atoms with van der Waals surface area (Å²) >= 11 is 0.942. The van der Waals surface area contributed by atoms with Crippen LogP contribution < -0.4 is 10.6 Å². The van der Waals surface area contributed by atoms with Crippen LogP contribution in [-0.4, -0.2) is 29.3 Å². The first-order valence-corrected chi connectivity index (χ1v) is 11.2. The lowest BCUT2D eigenvalue weighted by Gasteiger charge is -2.08. The summed E-state index contributed by atoms with van der Waals surface area (Å²) in [5, 5.41) is 16.8. The molecule has 0 spiro atoms. The summed E-state index contributed by atoms with van der Waals surface area (Å²) in [7, 11) is 0. The van der Waals surface area contributed by atoms with Gasteiger partial charge in [0, 0.05) is 23.7 Å². The number of hydrogen-bond donors (Lipinski definition) is 2. The minimum atomic E-state index is -0.677. The van der Waals surface area contributed by atoms with Gasteiger partial charge in [-0.15, -0.1) is 11.3 Å². The number of aryl methyl sites for hydroxylation is 1. The quantitative estimate of drug-likeness (QED) is 0.274. The number of carbonyl (C=O) groups excluding carboxylic acids is 3. The summed E-state index contributed by atoms with van der Waals surface area (Å²) in [6.45, 7) is 5.23. The van der Waals surface area contributed by atoms with Crippen molar-refractivity contribution in [3.8, 4) is 0 Å². The lowest BCUT2D eigenvalue weighted by Crippen LogP contribution is -2.22. The second kappa shape index (κ2) is 10.7. The number of nitro groups is 1. The predicted molar refractivity (Wildman–Crippen MR) is 128 cm³/mol. The average Bonchev–Trinajstić information content (AvgIpc) is 3.14. The van der Waals surface area contributed by atoms with Gasteiger partial charge in [0.15, 0.2) is 0 Å². The van der Waals surface area contributed by atoms with Crippen molar-refractivity contribution >= 4 is 39.8 Å². The molecule has 176 valence electrons. The fourth-order valence-corrected chi connectivity index (χ4v) is 4.35. The van der Waals surface area contributed by atoms with E-state index in [9.17, 15) is 24.5 Å². The molecule has 3 aromatic rings. The van der Waals surface area contributed by atoms with Crippen LogP contribution in [0.3, 0.4) is 0 Å². The molecule has 0 radical (unpaired) electrons. The van der Waals surface area contributed by atoms with Crippen LogP contribution in [0.2, 0.25) is 0 Å². The van der Waals surface area contributed by atoms with Gasteiger partial charge in [0.2, 0.25) is 0 Å². The zero-order valence-electron chi connectivity index (χ0n) is 18.8. The van der Waals surface area contributed by atoms with Gasteiger partial charge in [-0.25, -0.2) is 4.79 Å². The van der Waals surface area contributed by atoms with E-state index in [4.69, 9.17) is 4.74 Å². The van der Waals surface area contributed by atoms with E-state index in [2.05, 4.69) is 10.6 Å². The molecule has 0 aliphatic heterocycles. The molecule has 34 heavy (non-hydrogen) atoms. The van der Waals surface area contributed by atoms with Crippen LogP contribution in [0.25, 0.3) is 0 Å². The Morgan fingerprint density at radius 3 is 2.41 bits per heavy atom. The van der Waals surface area contributed by atoms with Gasteiger partial charge in [0.1, 0.15) is 5.00 Å². The molecule has 0 bridgehead atoms. The monoisotopic (exact) mass is 481 g/mol. The van der Waals surface area contributed by atoms with Gasteiger partial charge in [0.05, 0.1) is 22.0 Å². The molecular weight excluding hydrogens is 458 g/mol. The molecule has 10 heteroatoms. The SMILES string of the molecule is CCOC(=O)c1c(NC(=O)c2ccc(C)c([N+](=O)[O-])c2)sc(C(=O)NCc2ccccc2)c1C. The third kappa shape index (κ3) is 5.46. The van der Waals surface area contributed by atoms with Gasteiger partial charge in [-0.2, -0.15) is 0 Å². The molecule has 2 N–H and O–H groups in total. The van der Waals surface area contributed by atoms with Crippen molar-refractivity contribution in [1.82, 2.24) is 5.32 Å². The largest absolute Gasteiger partial charge is 0.462 e. The zero-order chi connectivity index (χ0) is 24.8. The van der Waals surface area contributed by atoms with Gasteiger partial charge >= 0.3 is 5.97 Å². The summed E-state index contributed by atoms with van der Waals surface area (Å²) in [5.41, 5.74) is 1.63. The molecule has 1 aromatic heterocycles. The molecule has 0 fully saturated rings. The highest BCUT2D eigenvalue weighted by Crippen LogP contribution is 2.34. The maximum Gasteiger partial charge on any atom is 0.341 e. The number of thiophene rings is 1. The van der Waals surface area contributed by atoms with Crippen molar-refractivity contribution in [1.29, 1.82) is 0 Å². The van der Waals surface area contributed by atoms with Crippen molar-refractivity contribution in [3.05, 3.63) is 91.3 Å². The molecule has 0 aliphatic rings. The normalized spacial score (nSPS) is 10.4. The van der Waals surface area contributed by atoms with E-state index in [1.807, 2.05) is 30.3 Å². The Hall–Kier alpha value is -4.05. The number of nitrogens with zero attached hydrogens (tertiary/aromatic N) is 1. The first-order chi connectivity index (χ1) is 16.2. The van der Waals surface area contributed by atoms with Crippen LogP contribution in [0, 0.1) is 24.0 Å². The number of rotatable bonds is 8. The number of esters is 1. The van der Waals surface area contributed by atoms with Gasteiger partial charge in [-0.1, -0.05) is 36.4 Å². The van der Waals surface area contributed by atoms with Crippen LogP contribution in [0.4, 0.5) is 10.7 Å². The van der Waals surface area contributed by atoms with E-state index in [0.29, 0.717) is 17.7 Å². The van der Waals surface area contributed by atoms with Crippen molar-refractivity contribution in [3.63, 3.8) is 0 Å². The summed E-state index contributed by atoms with van der Waals surface area (Å²) in [4.78, 5) is 49.2. The summed E-state index contributed by atoms with van der Waals surface area (Å²) in [5.74, 6) is -1.72. The summed E-state index contributed by atoms with van der Waals surface area (Å²) in [6, 6.07) is 13.4. The fraction of sp³-hybridized carbons (Fsp3) is 0.208. The van der Waals surface area contributed by atoms with Crippen LogP contribution in [-0.2, 0) is 11.3 Å². The number of hydrogen-bond acceptors (Lipinski definition) is 7. The Labute approximate surface area is 199 Å². The van der Waals surface area contributed by atoms with Crippen LogP contribution in [0.5, 0.6) is 0 Å². The summed E-state index contributed by atoms with van der Waals surface area (Å²) in [6.07, 6.45) is 0. The van der Waals surface area contributed by atoms with Crippen molar-refractivity contribution in [2.24, 2.45) is 0 Å². The second-order valence-corrected chi connectivity index (χ2v) is 8.38. The molecule has 1 heterocycles. The Bertz CT molecular complexity index is 1250. The number of amides is 2. The Balaban J connectivity index is 1.90. The number of ether oxygens (including phenoxy) is 1. The van der Waals surface area contributed by atoms with Gasteiger partial charge < -0.3 is 15.4 Å². The number of anilines is 1. The summed E-state index contributed by atoms with van der Waals surface area (Å²) < 4.78 is 5.12. The van der Waals surface area contributed by atoms with Crippen molar-refractivity contribution < 1.29 is 24.0 Å². The molecule has 0 unspecified atom stereocenters. The molecule has 9 nitrogen and oxygen atoms in total. The highest BCUT2D eigenvalue weighted by Gasteiger charge is 2.27. The molecule has 0 saturated heterocycles. The standard InChI is InChI=1S/C24H23N3O6S/c1-4-33-24(30)19-15(3)20(22(29)25-13-16-8-6-5-7-9-16)34-23(19)26-21(28)17-11-10-14(2)18(12-17)27(31)32/h5-12H,4,13H2,1-3H3,(H,25,29)(H,26,28). The number of carbonyl (C=O) groups is 3. The predicted octanol–water partition coefficient (Wildman–Crippen LogP) is 4.63. The van der Waals surface area contributed by atoms with Crippen molar-refractivity contribution in [2.45, 2.75) is 27.3 Å². The van der Waals surface area contributed by atoms with Gasteiger partial charge in [-0.3, -0.25) is 19.7 Å². The van der Waals surface area contributed by atoms with E-state index in [-0.39, 0.29) is 33.3 Å². The Morgan fingerprint density at radius 1 is 1.06 bits per heavy atom. The minimum absolute atomic E-state index is 0.0493. The number of nitro benzene ring substituents is 1. The maximum absolute atomic E-state index is 12.9. The third-order valence-electron chi connectivity index (χ3n) is 5.02. The fourth-order valence-electron chi connectivity index (χ4n) is 3.25. The van der Waals surface area contributed by atoms with E-state index in [1.165, 1.54) is 18.2 Å².